The Kier molecular flexibility index (Phi) is 2.49. The monoisotopic (exact) mass is 206 g/mol. The normalized spacial score (nSPS) is 19.6. The van der Waals surface area contributed by atoms with Crippen LogP contribution in [-0.4, -0.2) is 19.7 Å². The quantitative estimate of drug-likeness (QED) is 0.767. The number of nitrogens with one attached hydrogen (secondary N) is 2. The van der Waals surface area contributed by atoms with Crippen LogP contribution in [0.1, 0.15) is 17.2 Å². The highest BCUT2D eigenvalue weighted by atomic mass is 16.5. The van der Waals surface area contributed by atoms with Gasteiger partial charge in [-0.05, 0) is 24.1 Å². The van der Waals surface area contributed by atoms with Crippen LogP contribution in [-0.2, 0) is 0 Å². The van der Waals surface area contributed by atoms with E-state index in [1.165, 1.54) is 0 Å². The van der Waals surface area contributed by atoms with E-state index in [1.54, 1.807) is 7.11 Å². The summed E-state index contributed by atoms with van der Waals surface area (Å²) < 4.78 is 5.18. The average Bonchev–Trinajstić information content (AvgIpc) is 2.65. The minimum absolute atomic E-state index is 0.0714. The van der Waals surface area contributed by atoms with E-state index in [-0.39, 0.29) is 12.1 Å². The Balaban J connectivity index is 2.22. The molecule has 1 saturated heterocycles. The van der Waals surface area contributed by atoms with Crippen LogP contribution in [0.15, 0.2) is 18.2 Å². The van der Waals surface area contributed by atoms with Gasteiger partial charge in [-0.25, -0.2) is 4.79 Å². The van der Waals surface area contributed by atoms with Gasteiger partial charge in [0.2, 0.25) is 0 Å². The van der Waals surface area contributed by atoms with Crippen LogP contribution in [0.5, 0.6) is 5.75 Å². The third kappa shape index (κ3) is 1.88. The molecule has 4 heteroatoms. The summed E-state index contributed by atoms with van der Waals surface area (Å²) in [6.07, 6.45) is 0. The largest absolute Gasteiger partial charge is 0.496 e. The number of amides is 2. The summed E-state index contributed by atoms with van der Waals surface area (Å²) in [5.74, 6) is 0.871. The molecule has 0 radical (unpaired) electrons. The summed E-state index contributed by atoms with van der Waals surface area (Å²) in [7, 11) is 1.65. The number of carbonyl (C=O) groups excluding carboxylic acids is 1. The Morgan fingerprint density at radius 3 is 2.80 bits per heavy atom. The van der Waals surface area contributed by atoms with Gasteiger partial charge in [0.15, 0.2) is 0 Å². The standard InChI is InChI=1S/C11H14N2O2/c1-7-5-8(3-4-10(7)15-2)9-6-12-11(14)13-9/h3-5,9H,6H2,1-2H3,(H2,12,13,14)/t9-/m0/s1. The number of hydrogen-bond donors (Lipinski definition) is 2. The summed E-state index contributed by atoms with van der Waals surface area (Å²) in [5.41, 5.74) is 2.18. The van der Waals surface area contributed by atoms with E-state index in [4.69, 9.17) is 4.74 Å². The third-order valence-corrected chi connectivity index (χ3v) is 2.59. The molecule has 1 aromatic rings. The zero-order valence-electron chi connectivity index (χ0n) is 8.83. The fourth-order valence-electron chi connectivity index (χ4n) is 1.77. The highest BCUT2D eigenvalue weighted by Gasteiger charge is 2.21. The molecular formula is C11H14N2O2. The summed E-state index contributed by atoms with van der Waals surface area (Å²) in [6.45, 7) is 2.64. The van der Waals surface area contributed by atoms with Gasteiger partial charge in [0.05, 0.1) is 13.2 Å². The Morgan fingerprint density at radius 1 is 1.47 bits per heavy atom. The smallest absolute Gasteiger partial charge is 0.315 e. The van der Waals surface area contributed by atoms with Crippen molar-refractivity contribution in [3.05, 3.63) is 29.3 Å². The van der Waals surface area contributed by atoms with E-state index < -0.39 is 0 Å². The molecule has 2 N–H and O–H groups in total. The minimum atomic E-state index is -0.103. The van der Waals surface area contributed by atoms with Gasteiger partial charge in [0.1, 0.15) is 5.75 Å². The van der Waals surface area contributed by atoms with Crippen LogP contribution in [0.3, 0.4) is 0 Å². The van der Waals surface area contributed by atoms with Gasteiger partial charge in [-0.2, -0.15) is 0 Å². The molecule has 0 bridgehead atoms. The van der Waals surface area contributed by atoms with E-state index >= 15 is 0 Å². The van der Waals surface area contributed by atoms with Crippen LogP contribution in [0.4, 0.5) is 4.79 Å². The molecule has 1 aromatic carbocycles. The summed E-state index contributed by atoms with van der Waals surface area (Å²) >= 11 is 0. The lowest BCUT2D eigenvalue weighted by molar-refractivity contribution is 0.247. The zero-order chi connectivity index (χ0) is 10.8. The van der Waals surface area contributed by atoms with Crippen molar-refractivity contribution < 1.29 is 9.53 Å². The van der Waals surface area contributed by atoms with E-state index in [2.05, 4.69) is 10.6 Å². The van der Waals surface area contributed by atoms with Gasteiger partial charge >= 0.3 is 6.03 Å². The fraction of sp³-hybridized carbons (Fsp3) is 0.364. The third-order valence-electron chi connectivity index (χ3n) is 2.59. The Morgan fingerprint density at radius 2 is 2.27 bits per heavy atom. The molecule has 1 heterocycles. The van der Waals surface area contributed by atoms with Crippen LogP contribution in [0, 0.1) is 6.92 Å². The predicted octanol–water partition coefficient (Wildman–Crippen LogP) is 1.36. The lowest BCUT2D eigenvalue weighted by atomic mass is 10.0. The van der Waals surface area contributed by atoms with Gasteiger partial charge < -0.3 is 15.4 Å². The number of methoxy groups -OCH3 is 1. The fourth-order valence-corrected chi connectivity index (χ4v) is 1.77. The molecule has 15 heavy (non-hydrogen) atoms. The summed E-state index contributed by atoms with van der Waals surface area (Å²) in [5, 5.41) is 5.58. The first-order valence-electron chi connectivity index (χ1n) is 4.89. The molecule has 80 valence electrons. The predicted molar refractivity (Wildman–Crippen MR) is 57.0 cm³/mol. The molecule has 4 nitrogen and oxygen atoms in total. The Labute approximate surface area is 88.6 Å². The summed E-state index contributed by atoms with van der Waals surface area (Å²) in [6, 6.07) is 5.91. The maximum absolute atomic E-state index is 11.0. The van der Waals surface area contributed by atoms with Gasteiger partial charge in [-0.15, -0.1) is 0 Å². The molecule has 0 aromatic heterocycles. The number of hydrogen-bond acceptors (Lipinski definition) is 2. The van der Waals surface area contributed by atoms with Gasteiger partial charge in [0, 0.05) is 6.54 Å². The average molecular weight is 206 g/mol. The summed E-state index contributed by atoms with van der Waals surface area (Å²) in [4.78, 5) is 11.0. The van der Waals surface area contributed by atoms with E-state index in [1.807, 2.05) is 25.1 Å². The minimum Gasteiger partial charge on any atom is -0.496 e. The van der Waals surface area contributed by atoms with Crippen molar-refractivity contribution in [1.29, 1.82) is 0 Å². The van der Waals surface area contributed by atoms with Gasteiger partial charge in [-0.1, -0.05) is 12.1 Å². The van der Waals surface area contributed by atoms with Crippen molar-refractivity contribution in [1.82, 2.24) is 10.6 Å². The lowest BCUT2D eigenvalue weighted by Gasteiger charge is -2.11. The first-order chi connectivity index (χ1) is 7.20. The Bertz CT molecular complexity index is 390. The van der Waals surface area contributed by atoms with Crippen molar-refractivity contribution in [2.24, 2.45) is 0 Å². The number of aryl methyl sites for hydroxylation is 1. The Hall–Kier alpha value is -1.71. The maximum Gasteiger partial charge on any atom is 0.315 e. The second-order valence-corrected chi connectivity index (χ2v) is 3.64. The van der Waals surface area contributed by atoms with Crippen LogP contribution in [0.2, 0.25) is 0 Å². The first-order valence-corrected chi connectivity index (χ1v) is 4.89. The second-order valence-electron chi connectivity index (χ2n) is 3.64. The second kappa shape index (κ2) is 3.81. The van der Waals surface area contributed by atoms with Crippen LogP contribution in [0.25, 0.3) is 0 Å². The highest BCUT2D eigenvalue weighted by molar-refractivity contribution is 5.76. The van der Waals surface area contributed by atoms with E-state index in [0.29, 0.717) is 6.54 Å². The number of rotatable bonds is 2. The number of benzene rings is 1. The van der Waals surface area contributed by atoms with Crippen molar-refractivity contribution in [3.63, 3.8) is 0 Å². The molecular weight excluding hydrogens is 192 g/mol. The maximum atomic E-state index is 11.0. The molecule has 1 aliphatic heterocycles. The lowest BCUT2D eigenvalue weighted by Crippen LogP contribution is -2.21. The molecule has 0 unspecified atom stereocenters. The van der Waals surface area contributed by atoms with Gasteiger partial charge in [0.25, 0.3) is 0 Å². The molecule has 1 atom stereocenters. The van der Waals surface area contributed by atoms with Crippen LogP contribution < -0.4 is 15.4 Å². The highest BCUT2D eigenvalue weighted by Crippen LogP contribution is 2.23. The number of carbonyl (C=O) groups is 1. The molecule has 1 fully saturated rings. The molecule has 1 aliphatic rings. The first kappa shape index (κ1) is 9.83. The van der Waals surface area contributed by atoms with Crippen molar-refractivity contribution in [3.8, 4) is 5.75 Å². The van der Waals surface area contributed by atoms with Gasteiger partial charge in [-0.3, -0.25) is 0 Å². The molecule has 2 rings (SSSR count). The topological polar surface area (TPSA) is 50.4 Å². The number of urea groups is 1. The molecule has 0 aliphatic carbocycles. The van der Waals surface area contributed by atoms with Crippen molar-refractivity contribution in [2.45, 2.75) is 13.0 Å². The van der Waals surface area contributed by atoms with E-state index in [0.717, 1.165) is 16.9 Å². The zero-order valence-corrected chi connectivity index (χ0v) is 8.83. The molecule has 0 spiro atoms. The number of ether oxygens (including phenoxy) is 1. The van der Waals surface area contributed by atoms with Crippen LogP contribution >= 0.6 is 0 Å². The molecule has 2 amide bonds. The van der Waals surface area contributed by atoms with E-state index in [9.17, 15) is 4.79 Å². The SMILES string of the molecule is COc1ccc([C@@H]2CNC(=O)N2)cc1C. The van der Waals surface area contributed by atoms with Crippen molar-refractivity contribution >= 4 is 6.03 Å². The molecule has 0 saturated carbocycles. The van der Waals surface area contributed by atoms with Crippen molar-refractivity contribution in [2.75, 3.05) is 13.7 Å².